The standard InChI is InChI=1S/C9H10N6O3/c1-15-4-5(2-11-15)7(9(17)18)12-8(16)6-3-10-14-13-6/h2-4,7H,1H3,(H,12,16)(H,17,18)(H,10,13,14). The molecule has 0 saturated carbocycles. The van der Waals surface area contributed by atoms with Crippen molar-refractivity contribution in [2.75, 3.05) is 0 Å². The Morgan fingerprint density at radius 3 is 2.78 bits per heavy atom. The summed E-state index contributed by atoms with van der Waals surface area (Å²) in [6.07, 6.45) is 4.10. The number of carbonyl (C=O) groups excluding carboxylic acids is 1. The van der Waals surface area contributed by atoms with E-state index in [2.05, 4.69) is 25.8 Å². The summed E-state index contributed by atoms with van der Waals surface area (Å²) in [6.45, 7) is 0. The highest BCUT2D eigenvalue weighted by molar-refractivity contribution is 5.94. The molecule has 1 atom stereocenters. The number of hydrogen-bond acceptors (Lipinski definition) is 5. The molecule has 0 radical (unpaired) electrons. The van der Waals surface area contributed by atoms with Crippen molar-refractivity contribution in [3.63, 3.8) is 0 Å². The first-order chi connectivity index (χ1) is 8.58. The van der Waals surface area contributed by atoms with E-state index in [1.807, 2.05) is 0 Å². The number of aromatic nitrogens is 5. The Morgan fingerprint density at radius 2 is 2.28 bits per heavy atom. The highest BCUT2D eigenvalue weighted by Crippen LogP contribution is 2.12. The maximum absolute atomic E-state index is 11.7. The van der Waals surface area contributed by atoms with E-state index in [0.717, 1.165) is 0 Å². The number of amides is 1. The molecule has 18 heavy (non-hydrogen) atoms. The Bertz CT molecular complexity index is 561. The lowest BCUT2D eigenvalue weighted by molar-refractivity contribution is -0.139. The van der Waals surface area contributed by atoms with E-state index in [9.17, 15) is 9.59 Å². The number of aliphatic carboxylic acids is 1. The molecule has 2 heterocycles. The smallest absolute Gasteiger partial charge is 0.331 e. The van der Waals surface area contributed by atoms with Crippen LogP contribution in [0, 0.1) is 0 Å². The van der Waals surface area contributed by atoms with Crippen LogP contribution in [0.1, 0.15) is 22.1 Å². The molecule has 1 amide bonds. The van der Waals surface area contributed by atoms with E-state index < -0.39 is 17.9 Å². The minimum absolute atomic E-state index is 0.0186. The van der Waals surface area contributed by atoms with Crippen LogP contribution in [0.15, 0.2) is 18.6 Å². The van der Waals surface area contributed by atoms with Crippen LogP contribution >= 0.6 is 0 Å². The molecular weight excluding hydrogens is 240 g/mol. The average molecular weight is 250 g/mol. The summed E-state index contributed by atoms with van der Waals surface area (Å²) in [5, 5.41) is 24.6. The van der Waals surface area contributed by atoms with Gasteiger partial charge in [-0.2, -0.15) is 20.5 Å². The zero-order chi connectivity index (χ0) is 13.1. The van der Waals surface area contributed by atoms with Gasteiger partial charge >= 0.3 is 5.97 Å². The van der Waals surface area contributed by atoms with Crippen molar-refractivity contribution < 1.29 is 14.7 Å². The number of H-pyrrole nitrogens is 1. The summed E-state index contributed by atoms with van der Waals surface area (Å²) in [7, 11) is 1.65. The number of nitrogens with zero attached hydrogens (tertiary/aromatic N) is 4. The Hall–Kier alpha value is -2.71. The number of aromatic amines is 1. The predicted octanol–water partition coefficient (Wildman–Crippen LogP) is -0.906. The largest absolute Gasteiger partial charge is 0.479 e. The van der Waals surface area contributed by atoms with E-state index in [1.54, 1.807) is 7.05 Å². The minimum atomic E-state index is -1.18. The number of nitrogens with one attached hydrogen (secondary N) is 2. The first kappa shape index (κ1) is 11.8. The van der Waals surface area contributed by atoms with Crippen LogP contribution < -0.4 is 5.32 Å². The van der Waals surface area contributed by atoms with Gasteiger partial charge in [0.2, 0.25) is 0 Å². The second kappa shape index (κ2) is 4.65. The van der Waals surface area contributed by atoms with E-state index in [4.69, 9.17) is 5.11 Å². The molecule has 0 aromatic carbocycles. The van der Waals surface area contributed by atoms with Gasteiger partial charge in [-0.1, -0.05) is 0 Å². The lowest BCUT2D eigenvalue weighted by Gasteiger charge is -2.11. The van der Waals surface area contributed by atoms with Gasteiger partial charge in [-0.3, -0.25) is 9.48 Å². The SMILES string of the molecule is Cn1cc(C(NC(=O)c2cn[nH]n2)C(=O)O)cn1. The predicted molar refractivity (Wildman–Crippen MR) is 57.4 cm³/mol. The van der Waals surface area contributed by atoms with E-state index in [1.165, 1.54) is 23.3 Å². The lowest BCUT2D eigenvalue weighted by atomic mass is 10.1. The molecule has 0 saturated heterocycles. The molecule has 0 aliphatic heterocycles. The quantitative estimate of drug-likeness (QED) is 0.645. The number of carbonyl (C=O) groups is 2. The van der Waals surface area contributed by atoms with Crippen molar-refractivity contribution in [1.82, 2.24) is 30.5 Å². The molecule has 0 aliphatic carbocycles. The first-order valence-electron chi connectivity index (χ1n) is 4.96. The fourth-order valence-corrected chi connectivity index (χ4v) is 1.39. The fraction of sp³-hybridized carbons (Fsp3) is 0.222. The topological polar surface area (TPSA) is 126 Å². The van der Waals surface area contributed by atoms with Crippen molar-refractivity contribution >= 4 is 11.9 Å². The Kier molecular flexibility index (Phi) is 3.04. The van der Waals surface area contributed by atoms with Crippen LogP contribution in [-0.2, 0) is 11.8 Å². The normalized spacial score (nSPS) is 12.1. The van der Waals surface area contributed by atoms with Crippen LogP contribution in [0.25, 0.3) is 0 Å². The van der Waals surface area contributed by atoms with Crippen LogP contribution in [0.5, 0.6) is 0 Å². The fourth-order valence-electron chi connectivity index (χ4n) is 1.39. The Labute approximate surface area is 101 Å². The van der Waals surface area contributed by atoms with Crippen LogP contribution in [0.3, 0.4) is 0 Å². The van der Waals surface area contributed by atoms with Crippen molar-refractivity contribution in [1.29, 1.82) is 0 Å². The van der Waals surface area contributed by atoms with Crippen LogP contribution in [0.2, 0.25) is 0 Å². The molecule has 9 heteroatoms. The molecule has 2 aromatic heterocycles. The molecular formula is C9H10N6O3. The second-order valence-corrected chi connectivity index (χ2v) is 3.55. The number of rotatable bonds is 4. The zero-order valence-electron chi connectivity index (χ0n) is 9.36. The lowest BCUT2D eigenvalue weighted by Crippen LogP contribution is -2.33. The van der Waals surface area contributed by atoms with Gasteiger partial charge in [0, 0.05) is 18.8 Å². The van der Waals surface area contributed by atoms with Gasteiger partial charge in [0.05, 0.1) is 12.4 Å². The highest BCUT2D eigenvalue weighted by atomic mass is 16.4. The van der Waals surface area contributed by atoms with Gasteiger partial charge < -0.3 is 10.4 Å². The van der Waals surface area contributed by atoms with Gasteiger partial charge in [0.25, 0.3) is 5.91 Å². The Balaban J connectivity index is 2.17. The highest BCUT2D eigenvalue weighted by Gasteiger charge is 2.24. The first-order valence-corrected chi connectivity index (χ1v) is 4.96. The third-order valence-corrected chi connectivity index (χ3v) is 2.23. The molecule has 0 fully saturated rings. The molecule has 0 bridgehead atoms. The molecule has 2 rings (SSSR count). The number of aryl methyl sites for hydroxylation is 1. The van der Waals surface area contributed by atoms with Gasteiger partial charge in [0.15, 0.2) is 11.7 Å². The summed E-state index contributed by atoms with van der Waals surface area (Å²) in [5.74, 6) is -1.81. The van der Waals surface area contributed by atoms with Gasteiger partial charge in [0.1, 0.15) is 0 Å². The maximum Gasteiger partial charge on any atom is 0.331 e. The third-order valence-electron chi connectivity index (χ3n) is 2.23. The summed E-state index contributed by atoms with van der Waals surface area (Å²) in [6, 6.07) is -1.18. The summed E-state index contributed by atoms with van der Waals surface area (Å²) >= 11 is 0. The molecule has 3 N–H and O–H groups in total. The van der Waals surface area contributed by atoms with Crippen LogP contribution in [-0.4, -0.2) is 42.2 Å². The number of carboxylic acid groups (broad SMARTS) is 1. The van der Waals surface area contributed by atoms with Crippen molar-refractivity contribution in [2.45, 2.75) is 6.04 Å². The second-order valence-electron chi connectivity index (χ2n) is 3.55. The van der Waals surface area contributed by atoms with Crippen molar-refractivity contribution in [3.8, 4) is 0 Å². The number of carboxylic acids is 1. The molecule has 94 valence electrons. The van der Waals surface area contributed by atoms with E-state index in [0.29, 0.717) is 5.56 Å². The minimum Gasteiger partial charge on any atom is -0.479 e. The van der Waals surface area contributed by atoms with Gasteiger partial charge in [-0.05, 0) is 0 Å². The average Bonchev–Trinajstić information content (AvgIpc) is 2.95. The van der Waals surface area contributed by atoms with Crippen molar-refractivity contribution in [2.24, 2.45) is 7.05 Å². The molecule has 1 unspecified atom stereocenters. The third kappa shape index (κ3) is 2.34. The molecule has 0 aliphatic rings. The van der Waals surface area contributed by atoms with Crippen LogP contribution in [0.4, 0.5) is 0 Å². The summed E-state index contributed by atoms with van der Waals surface area (Å²) in [5.41, 5.74) is 0.395. The number of hydrogen-bond donors (Lipinski definition) is 3. The van der Waals surface area contributed by atoms with E-state index in [-0.39, 0.29) is 5.69 Å². The monoisotopic (exact) mass is 250 g/mol. The summed E-state index contributed by atoms with van der Waals surface area (Å²) in [4.78, 5) is 22.8. The van der Waals surface area contributed by atoms with Gasteiger partial charge in [-0.25, -0.2) is 4.79 Å². The molecule has 9 nitrogen and oxygen atoms in total. The summed E-state index contributed by atoms with van der Waals surface area (Å²) < 4.78 is 1.45. The maximum atomic E-state index is 11.7. The molecule has 2 aromatic rings. The molecule has 0 spiro atoms. The van der Waals surface area contributed by atoms with Gasteiger partial charge in [-0.15, -0.1) is 0 Å². The van der Waals surface area contributed by atoms with Crippen molar-refractivity contribution in [3.05, 3.63) is 29.8 Å². The Morgan fingerprint density at radius 1 is 1.50 bits per heavy atom. The van der Waals surface area contributed by atoms with E-state index >= 15 is 0 Å². The zero-order valence-corrected chi connectivity index (χ0v) is 9.36.